The first-order valence-corrected chi connectivity index (χ1v) is 10.8. The number of nitrogens with zero attached hydrogens (tertiary/aromatic N) is 2. The van der Waals surface area contributed by atoms with Crippen LogP contribution in [0, 0.1) is 0 Å². The van der Waals surface area contributed by atoms with Crippen LogP contribution < -0.4 is 4.90 Å². The van der Waals surface area contributed by atoms with Gasteiger partial charge in [0, 0.05) is 18.7 Å². The van der Waals surface area contributed by atoms with Crippen molar-refractivity contribution >= 4 is 15.7 Å². The van der Waals surface area contributed by atoms with Crippen LogP contribution in [0.3, 0.4) is 0 Å². The third-order valence-electron chi connectivity index (χ3n) is 4.80. The topological polar surface area (TPSA) is 63.4 Å². The van der Waals surface area contributed by atoms with Crippen LogP contribution in [0.15, 0.2) is 75.0 Å². The maximum Gasteiger partial charge on any atom is 0.236 e. The molecule has 27 heavy (non-hydrogen) atoms. The zero-order valence-corrected chi connectivity index (χ0v) is 15.9. The molecule has 1 aliphatic heterocycles. The molecule has 0 spiro atoms. The minimum atomic E-state index is -3.76. The first-order chi connectivity index (χ1) is 13.2. The van der Waals surface area contributed by atoms with Gasteiger partial charge in [0.15, 0.2) is 0 Å². The number of benzene rings is 2. The molecule has 140 valence electrons. The SMILES string of the molecule is O=S(=O)(c1ccccc1)c1nc(-c2ccccc2)oc1N1CCCCCC1. The normalized spacial score (nSPS) is 15.5. The molecule has 2 heterocycles. The Kier molecular flexibility index (Phi) is 4.99. The Bertz CT molecular complexity index is 990. The molecular weight excluding hydrogens is 360 g/mol. The zero-order valence-electron chi connectivity index (χ0n) is 15.0. The van der Waals surface area contributed by atoms with Gasteiger partial charge in [0.25, 0.3) is 0 Å². The van der Waals surface area contributed by atoms with Gasteiger partial charge in [-0.15, -0.1) is 0 Å². The Morgan fingerprint density at radius 1 is 0.815 bits per heavy atom. The number of hydrogen-bond donors (Lipinski definition) is 0. The molecule has 0 saturated carbocycles. The summed E-state index contributed by atoms with van der Waals surface area (Å²) in [7, 11) is -3.76. The van der Waals surface area contributed by atoms with Gasteiger partial charge >= 0.3 is 0 Å². The van der Waals surface area contributed by atoms with Gasteiger partial charge in [-0.25, -0.2) is 8.42 Å². The van der Waals surface area contributed by atoms with Crippen LogP contribution in [-0.2, 0) is 9.84 Å². The van der Waals surface area contributed by atoms with E-state index in [-0.39, 0.29) is 9.92 Å². The molecule has 0 aliphatic carbocycles. The fourth-order valence-electron chi connectivity index (χ4n) is 3.36. The van der Waals surface area contributed by atoms with Gasteiger partial charge in [-0.05, 0) is 37.1 Å². The van der Waals surface area contributed by atoms with Crippen molar-refractivity contribution in [3.05, 3.63) is 60.7 Å². The van der Waals surface area contributed by atoms with Gasteiger partial charge < -0.3 is 9.32 Å². The fourth-order valence-corrected chi connectivity index (χ4v) is 4.70. The van der Waals surface area contributed by atoms with Crippen molar-refractivity contribution in [1.82, 2.24) is 4.98 Å². The summed E-state index contributed by atoms with van der Waals surface area (Å²) in [6, 6.07) is 17.8. The van der Waals surface area contributed by atoms with Crippen LogP contribution >= 0.6 is 0 Å². The number of hydrogen-bond acceptors (Lipinski definition) is 5. The van der Waals surface area contributed by atoms with E-state index < -0.39 is 9.84 Å². The number of oxazole rings is 1. The van der Waals surface area contributed by atoms with Gasteiger partial charge in [0.05, 0.1) is 4.90 Å². The Morgan fingerprint density at radius 2 is 1.41 bits per heavy atom. The van der Waals surface area contributed by atoms with E-state index >= 15 is 0 Å². The van der Waals surface area contributed by atoms with Crippen LogP contribution in [0.25, 0.3) is 11.5 Å². The van der Waals surface area contributed by atoms with Crippen LogP contribution in [0.1, 0.15) is 25.7 Å². The van der Waals surface area contributed by atoms with E-state index in [1.807, 2.05) is 35.2 Å². The van der Waals surface area contributed by atoms with Gasteiger partial charge in [-0.2, -0.15) is 4.98 Å². The number of rotatable bonds is 4. The number of anilines is 1. The molecule has 0 amide bonds. The summed E-state index contributed by atoms with van der Waals surface area (Å²) >= 11 is 0. The molecule has 0 N–H and O–H groups in total. The lowest BCUT2D eigenvalue weighted by molar-refractivity contribution is 0.543. The first kappa shape index (κ1) is 17.8. The highest BCUT2D eigenvalue weighted by atomic mass is 32.2. The summed E-state index contributed by atoms with van der Waals surface area (Å²) in [5, 5.41) is 0.00875. The maximum absolute atomic E-state index is 13.3. The predicted molar refractivity (Wildman–Crippen MR) is 105 cm³/mol. The van der Waals surface area contributed by atoms with E-state index in [1.165, 1.54) is 0 Å². The van der Waals surface area contributed by atoms with E-state index in [1.54, 1.807) is 30.3 Å². The highest BCUT2D eigenvalue weighted by molar-refractivity contribution is 7.91. The summed E-state index contributed by atoms with van der Waals surface area (Å²) in [4.78, 5) is 6.70. The Morgan fingerprint density at radius 3 is 2.04 bits per heavy atom. The number of aromatic nitrogens is 1. The zero-order chi connectivity index (χ0) is 18.7. The van der Waals surface area contributed by atoms with Crippen LogP contribution in [-0.4, -0.2) is 26.5 Å². The lowest BCUT2D eigenvalue weighted by atomic mass is 10.2. The third kappa shape index (κ3) is 3.62. The highest BCUT2D eigenvalue weighted by Gasteiger charge is 2.31. The monoisotopic (exact) mass is 382 g/mol. The van der Waals surface area contributed by atoms with Crippen molar-refractivity contribution in [3.63, 3.8) is 0 Å². The molecule has 1 fully saturated rings. The van der Waals surface area contributed by atoms with Gasteiger partial charge in [0.2, 0.25) is 26.6 Å². The quantitative estimate of drug-likeness (QED) is 0.662. The average molecular weight is 382 g/mol. The Hall–Kier alpha value is -2.60. The summed E-state index contributed by atoms with van der Waals surface area (Å²) in [5.41, 5.74) is 0.767. The molecule has 6 heteroatoms. The van der Waals surface area contributed by atoms with E-state index in [0.29, 0.717) is 11.8 Å². The van der Waals surface area contributed by atoms with Crippen molar-refractivity contribution in [2.75, 3.05) is 18.0 Å². The minimum absolute atomic E-state index is 0.00875. The van der Waals surface area contributed by atoms with Crippen molar-refractivity contribution in [1.29, 1.82) is 0 Å². The lowest BCUT2D eigenvalue weighted by Crippen LogP contribution is -2.25. The Labute approximate surface area is 159 Å². The standard InChI is InChI=1S/C21H22N2O3S/c24-27(25,18-13-7-4-8-14-18)20-21(23-15-9-1-2-10-16-23)26-19(22-20)17-11-5-3-6-12-17/h3-8,11-14H,1-2,9-10,15-16H2. The van der Waals surface area contributed by atoms with Gasteiger partial charge in [-0.3, -0.25) is 0 Å². The second kappa shape index (κ2) is 7.56. The van der Waals surface area contributed by atoms with Crippen molar-refractivity contribution in [2.24, 2.45) is 0 Å². The van der Waals surface area contributed by atoms with Crippen molar-refractivity contribution in [2.45, 2.75) is 35.6 Å². The van der Waals surface area contributed by atoms with Gasteiger partial charge in [-0.1, -0.05) is 49.2 Å². The second-order valence-corrected chi connectivity index (χ2v) is 8.58. The lowest BCUT2D eigenvalue weighted by Gasteiger charge is -2.20. The molecule has 1 saturated heterocycles. The minimum Gasteiger partial charge on any atom is -0.419 e. The first-order valence-electron chi connectivity index (χ1n) is 9.27. The van der Waals surface area contributed by atoms with E-state index in [0.717, 1.165) is 44.3 Å². The molecule has 4 rings (SSSR count). The molecule has 1 aromatic heterocycles. The number of sulfone groups is 1. The van der Waals surface area contributed by atoms with Crippen LogP contribution in [0.5, 0.6) is 0 Å². The summed E-state index contributed by atoms with van der Waals surface area (Å²) in [5.74, 6) is 0.698. The largest absolute Gasteiger partial charge is 0.419 e. The highest BCUT2D eigenvalue weighted by Crippen LogP contribution is 2.35. The molecular formula is C21H22N2O3S. The third-order valence-corrected chi connectivity index (χ3v) is 6.47. The van der Waals surface area contributed by atoms with Crippen LogP contribution in [0.4, 0.5) is 5.88 Å². The Balaban J connectivity index is 1.85. The molecule has 0 radical (unpaired) electrons. The molecule has 0 unspecified atom stereocenters. The summed E-state index contributed by atoms with van der Waals surface area (Å²) < 4.78 is 32.6. The summed E-state index contributed by atoms with van der Waals surface area (Å²) in [6.07, 6.45) is 4.34. The molecule has 0 atom stereocenters. The van der Waals surface area contributed by atoms with E-state index in [2.05, 4.69) is 4.98 Å². The maximum atomic E-state index is 13.3. The second-order valence-electron chi connectivity index (χ2n) is 6.71. The average Bonchev–Trinajstić information content (AvgIpc) is 2.99. The molecule has 5 nitrogen and oxygen atoms in total. The summed E-state index contributed by atoms with van der Waals surface area (Å²) in [6.45, 7) is 1.56. The fraction of sp³-hybridized carbons (Fsp3) is 0.286. The van der Waals surface area contributed by atoms with E-state index in [4.69, 9.17) is 4.42 Å². The molecule has 2 aromatic carbocycles. The smallest absolute Gasteiger partial charge is 0.236 e. The van der Waals surface area contributed by atoms with Crippen molar-refractivity contribution < 1.29 is 12.8 Å². The van der Waals surface area contributed by atoms with Gasteiger partial charge in [0.1, 0.15) is 0 Å². The molecule has 3 aromatic rings. The predicted octanol–water partition coefficient (Wildman–Crippen LogP) is 4.55. The molecule has 0 bridgehead atoms. The van der Waals surface area contributed by atoms with Crippen molar-refractivity contribution in [3.8, 4) is 11.5 Å². The van der Waals surface area contributed by atoms with Crippen LogP contribution in [0.2, 0.25) is 0 Å². The molecule has 1 aliphatic rings. The van der Waals surface area contributed by atoms with E-state index in [9.17, 15) is 8.42 Å².